The van der Waals surface area contributed by atoms with E-state index in [2.05, 4.69) is 26.6 Å². The van der Waals surface area contributed by atoms with Crippen LogP contribution in [-0.2, 0) is 0 Å². The van der Waals surface area contributed by atoms with E-state index in [0.29, 0.717) is 19.6 Å². The van der Waals surface area contributed by atoms with Crippen LogP contribution in [0.15, 0.2) is 72.8 Å². The molecule has 0 spiro atoms. The van der Waals surface area contributed by atoms with Crippen LogP contribution in [-0.4, -0.2) is 66.0 Å². The third-order valence-electron chi connectivity index (χ3n) is 6.46. The van der Waals surface area contributed by atoms with Gasteiger partial charge in [0, 0.05) is 55.9 Å². The second-order valence-corrected chi connectivity index (χ2v) is 8.91. The monoisotopic (exact) mass is 467 g/mol. The second kappa shape index (κ2) is 10.1. The van der Waals surface area contributed by atoms with E-state index >= 15 is 0 Å². The second-order valence-electron chi connectivity index (χ2n) is 8.91. The lowest BCUT2D eigenvalue weighted by molar-refractivity contribution is 0.0639. The number of benzene rings is 3. The average molecular weight is 468 g/mol. The number of carbonyl (C=O) groups excluding carboxylic acids is 2. The van der Waals surface area contributed by atoms with Crippen molar-refractivity contribution >= 4 is 39.3 Å². The Morgan fingerprint density at radius 1 is 0.886 bits per heavy atom. The van der Waals surface area contributed by atoms with Crippen LogP contribution >= 0.6 is 0 Å². The maximum atomic E-state index is 13.0. The van der Waals surface area contributed by atoms with E-state index in [1.807, 2.05) is 78.6 Å². The molecule has 2 heterocycles. The molecule has 3 amide bonds. The van der Waals surface area contributed by atoms with Crippen LogP contribution in [0.3, 0.4) is 0 Å². The number of hydrogen-bond donors (Lipinski definition) is 2. The number of carbonyl (C=O) groups is 2. The zero-order valence-electron chi connectivity index (χ0n) is 19.8. The van der Waals surface area contributed by atoms with Crippen molar-refractivity contribution in [3.63, 3.8) is 0 Å². The number of fused-ring (bicyclic) bond motifs is 2. The van der Waals surface area contributed by atoms with E-state index in [0.717, 1.165) is 58.3 Å². The Balaban J connectivity index is 1.09. The molecule has 35 heavy (non-hydrogen) atoms. The number of hydrogen-bond acceptors (Lipinski definition) is 4. The van der Waals surface area contributed by atoms with Gasteiger partial charge in [0.25, 0.3) is 5.91 Å². The van der Waals surface area contributed by atoms with E-state index in [1.165, 1.54) is 0 Å². The lowest BCUT2D eigenvalue weighted by Gasteiger charge is -2.34. The Hall–Kier alpha value is -3.97. The average Bonchev–Trinajstić information content (AvgIpc) is 2.88. The highest BCUT2D eigenvalue weighted by atomic mass is 16.2. The Labute approximate surface area is 204 Å². The van der Waals surface area contributed by atoms with Crippen molar-refractivity contribution in [3.8, 4) is 0 Å². The fourth-order valence-corrected chi connectivity index (χ4v) is 4.58. The summed E-state index contributed by atoms with van der Waals surface area (Å²) in [4.78, 5) is 34.2. The molecule has 2 N–H and O–H groups in total. The summed E-state index contributed by atoms with van der Waals surface area (Å²) >= 11 is 0. The Kier molecular flexibility index (Phi) is 6.59. The predicted molar refractivity (Wildman–Crippen MR) is 140 cm³/mol. The molecule has 0 bridgehead atoms. The van der Waals surface area contributed by atoms with E-state index < -0.39 is 0 Å². The minimum absolute atomic E-state index is 0.0766. The van der Waals surface area contributed by atoms with Crippen molar-refractivity contribution in [2.75, 3.05) is 44.6 Å². The van der Waals surface area contributed by atoms with Gasteiger partial charge in [0.15, 0.2) is 0 Å². The van der Waals surface area contributed by atoms with Crippen LogP contribution < -0.4 is 10.6 Å². The Morgan fingerprint density at radius 3 is 2.46 bits per heavy atom. The van der Waals surface area contributed by atoms with Gasteiger partial charge < -0.3 is 15.5 Å². The molecule has 0 atom stereocenters. The maximum absolute atomic E-state index is 13.0. The number of urea groups is 1. The molecule has 0 radical (unpaired) electrons. The molecule has 0 unspecified atom stereocenters. The summed E-state index contributed by atoms with van der Waals surface area (Å²) in [5, 5.41) is 9.04. The number of pyridine rings is 1. The van der Waals surface area contributed by atoms with Crippen LogP contribution in [0.1, 0.15) is 16.1 Å². The van der Waals surface area contributed by atoms with Crippen molar-refractivity contribution in [2.45, 2.75) is 6.92 Å². The van der Waals surface area contributed by atoms with Crippen molar-refractivity contribution in [1.82, 2.24) is 20.1 Å². The lowest BCUT2D eigenvalue weighted by Crippen LogP contribution is -2.50. The number of rotatable bonds is 5. The summed E-state index contributed by atoms with van der Waals surface area (Å²) < 4.78 is 0. The van der Waals surface area contributed by atoms with Gasteiger partial charge in [0.05, 0.1) is 11.2 Å². The number of para-hydroxylation sites is 1. The molecular weight excluding hydrogens is 438 g/mol. The summed E-state index contributed by atoms with van der Waals surface area (Å²) in [7, 11) is 0. The van der Waals surface area contributed by atoms with Gasteiger partial charge in [-0.05, 0) is 42.0 Å². The van der Waals surface area contributed by atoms with E-state index in [1.54, 1.807) is 0 Å². The first-order valence-corrected chi connectivity index (χ1v) is 12.0. The molecule has 0 aliphatic carbocycles. The van der Waals surface area contributed by atoms with E-state index in [9.17, 15) is 9.59 Å². The Bertz CT molecular complexity index is 1380. The van der Waals surface area contributed by atoms with E-state index in [4.69, 9.17) is 0 Å². The van der Waals surface area contributed by atoms with Gasteiger partial charge in [-0.2, -0.15) is 0 Å². The van der Waals surface area contributed by atoms with Crippen molar-refractivity contribution in [2.24, 2.45) is 0 Å². The van der Waals surface area contributed by atoms with E-state index in [-0.39, 0.29) is 11.9 Å². The Morgan fingerprint density at radius 2 is 1.63 bits per heavy atom. The minimum Gasteiger partial charge on any atom is -0.337 e. The van der Waals surface area contributed by atoms with Crippen molar-refractivity contribution < 1.29 is 9.59 Å². The van der Waals surface area contributed by atoms with Crippen molar-refractivity contribution in [3.05, 3.63) is 84.1 Å². The zero-order valence-corrected chi connectivity index (χ0v) is 19.8. The molecule has 1 saturated heterocycles. The van der Waals surface area contributed by atoms with Crippen LogP contribution in [0.25, 0.3) is 21.7 Å². The highest BCUT2D eigenvalue weighted by molar-refractivity contribution is 6.00. The molecular formula is C28H29N5O2. The smallest absolute Gasteiger partial charge is 0.319 e. The van der Waals surface area contributed by atoms with Crippen LogP contribution in [0.2, 0.25) is 0 Å². The minimum atomic E-state index is -0.231. The number of nitrogens with zero attached hydrogens (tertiary/aromatic N) is 3. The van der Waals surface area contributed by atoms with Crippen LogP contribution in [0.5, 0.6) is 0 Å². The van der Waals surface area contributed by atoms with Crippen LogP contribution in [0, 0.1) is 6.92 Å². The number of amides is 3. The molecule has 1 aliphatic rings. The predicted octanol–water partition coefficient (Wildman–Crippen LogP) is 4.28. The number of nitrogens with one attached hydrogen (secondary N) is 2. The highest BCUT2D eigenvalue weighted by Crippen LogP contribution is 2.22. The quantitative estimate of drug-likeness (QED) is 0.459. The molecule has 0 saturated carbocycles. The summed E-state index contributed by atoms with van der Waals surface area (Å²) in [6.45, 7) is 6.13. The third-order valence-corrected chi connectivity index (χ3v) is 6.46. The molecule has 7 nitrogen and oxygen atoms in total. The van der Waals surface area contributed by atoms with Gasteiger partial charge in [-0.3, -0.25) is 14.7 Å². The first-order chi connectivity index (χ1) is 17.1. The maximum Gasteiger partial charge on any atom is 0.319 e. The first kappa shape index (κ1) is 22.8. The number of aryl methyl sites for hydroxylation is 1. The molecule has 1 aliphatic heterocycles. The molecule has 1 aromatic heterocycles. The molecule has 178 valence electrons. The van der Waals surface area contributed by atoms with Crippen LogP contribution in [0.4, 0.5) is 10.5 Å². The van der Waals surface area contributed by atoms with Gasteiger partial charge in [0.2, 0.25) is 0 Å². The topological polar surface area (TPSA) is 77.6 Å². The lowest BCUT2D eigenvalue weighted by atomic mass is 10.1. The number of piperazine rings is 1. The van der Waals surface area contributed by atoms with Gasteiger partial charge in [-0.1, -0.05) is 48.5 Å². The molecule has 5 rings (SSSR count). The number of anilines is 1. The number of aromatic nitrogens is 1. The van der Waals surface area contributed by atoms with Gasteiger partial charge in [-0.15, -0.1) is 0 Å². The SMILES string of the molecule is Cc1cc(NC(=O)NCCN2CCN(C(=O)c3ccc4ccccc4c3)CC2)c2ccccc2n1. The van der Waals surface area contributed by atoms with Crippen molar-refractivity contribution in [1.29, 1.82) is 0 Å². The molecule has 4 aromatic rings. The molecule has 7 heteroatoms. The molecule has 1 fully saturated rings. The summed E-state index contributed by atoms with van der Waals surface area (Å²) in [5.41, 5.74) is 3.20. The summed E-state index contributed by atoms with van der Waals surface area (Å²) in [6.07, 6.45) is 0. The summed E-state index contributed by atoms with van der Waals surface area (Å²) in [5.74, 6) is 0.0766. The summed E-state index contributed by atoms with van der Waals surface area (Å²) in [6, 6.07) is 23.4. The molecule has 3 aromatic carbocycles. The normalized spacial score (nSPS) is 14.3. The standard InChI is InChI=1S/C28H29N5O2/c1-20-18-26(24-8-4-5-9-25(24)30-20)31-28(35)29-12-13-32-14-16-33(17-15-32)27(34)23-11-10-21-6-2-3-7-22(21)19-23/h2-11,18-19H,12-17H2,1H3,(H2,29,30,31,35). The fraction of sp³-hybridized carbons (Fsp3) is 0.250. The van der Waals surface area contributed by atoms with Gasteiger partial charge in [0.1, 0.15) is 0 Å². The third kappa shape index (κ3) is 5.25. The first-order valence-electron chi connectivity index (χ1n) is 12.0. The largest absolute Gasteiger partial charge is 0.337 e. The zero-order chi connectivity index (χ0) is 24.2. The highest BCUT2D eigenvalue weighted by Gasteiger charge is 2.22. The fourth-order valence-electron chi connectivity index (χ4n) is 4.58. The van der Waals surface area contributed by atoms with Gasteiger partial charge >= 0.3 is 6.03 Å². The van der Waals surface area contributed by atoms with Gasteiger partial charge in [-0.25, -0.2) is 4.79 Å².